The monoisotopic (exact) mass is 359 g/mol. The van der Waals surface area contributed by atoms with Crippen molar-refractivity contribution in [2.45, 2.75) is 32.9 Å². The molecule has 0 spiro atoms. The van der Waals surface area contributed by atoms with E-state index >= 15 is 0 Å². The van der Waals surface area contributed by atoms with Gasteiger partial charge in [-0.2, -0.15) is 0 Å². The van der Waals surface area contributed by atoms with Crippen LogP contribution in [0.3, 0.4) is 0 Å². The largest absolute Gasteiger partial charge is 0.484 e. The Bertz CT molecular complexity index is 801. The van der Waals surface area contributed by atoms with Crippen LogP contribution in [0.25, 0.3) is 0 Å². The zero-order valence-electron chi connectivity index (χ0n) is 15.1. The van der Waals surface area contributed by atoms with E-state index in [1.807, 2.05) is 20.8 Å². The van der Waals surface area contributed by atoms with E-state index in [0.29, 0.717) is 23.8 Å². The van der Waals surface area contributed by atoms with Crippen LogP contribution in [0, 0.1) is 5.82 Å². The Labute approximate surface area is 152 Å². The number of hydrogen-bond acceptors (Lipinski definition) is 4. The van der Waals surface area contributed by atoms with E-state index in [0.717, 1.165) is 5.56 Å². The number of benzene rings is 2. The van der Waals surface area contributed by atoms with Crippen molar-refractivity contribution in [3.05, 3.63) is 53.8 Å². The van der Waals surface area contributed by atoms with E-state index in [4.69, 9.17) is 14.2 Å². The number of ether oxygens (including phenoxy) is 3. The summed E-state index contributed by atoms with van der Waals surface area (Å²) >= 11 is 0. The highest BCUT2D eigenvalue weighted by molar-refractivity contribution is 5.78. The lowest BCUT2D eigenvalue weighted by Gasteiger charge is -2.35. The van der Waals surface area contributed by atoms with Gasteiger partial charge in [-0.25, -0.2) is 4.39 Å². The minimum atomic E-state index is -0.429. The first-order valence-electron chi connectivity index (χ1n) is 8.40. The Morgan fingerprint density at radius 2 is 1.92 bits per heavy atom. The zero-order chi connectivity index (χ0) is 18.7. The van der Waals surface area contributed by atoms with Gasteiger partial charge in [-0.1, -0.05) is 12.1 Å². The Morgan fingerprint density at radius 1 is 1.15 bits per heavy atom. The van der Waals surface area contributed by atoms with E-state index < -0.39 is 5.54 Å². The number of amides is 1. The molecule has 1 aliphatic heterocycles. The molecule has 0 saturated heterocycles. The first-order chi connectivity index (χ1) is 12.3. The number of rotatable bonds is 5. The Balaban J connectivity index is 1.68. The average Bonchev–Trinajstić information content (AvgIpc) is 3.04. The molecule has 26 heavy (non-hydrogen) atoms. The van der Waals surface area contributed by atoms with Gasteiger partial charge in [-0.3, -0.25) is 4.79 Å². The highest BCUT2D eigenvalue weighted by Gasteiger charge is 2.27. The fraction of sp³-hybridized carbons (Fsp3) is 0.350. The lowest BCUT2D eigenvalue weighted by molar-refractivity contribution is -0.139. The zero-order valence-corrected chi connectivity index (χ0v) is 15.1. The molecule has 1 amide bonds. The molecule has 2 aromatic carbocycles. The van der Waals surface area contributed by atoms with Gasteiger partial charge in [0.25, 0.3) is 5.91 Å². The van der Waals surface area contributed by atoms with Crippen LogP contribution in [0.5, 0.6) is 17.2 Å². The van der Waals surface area contributed by atoms with Gasteiger partial charge < -0.3 is 19.1 Å². The summed E-state index contributed by atoms with van der Waals surface area (Å²) in [4.78, 5) is 14.4. The summed E-state index contributed by atoms with van der Waals surface area (Å²) in [7, 11) is 0. The van der Waals surface area contributed by atoms with Crippen LogP contribution in [0.4, 0.5) is 4.39 Å². The van der Waals surface area contributed by atoms with Gasteiger partial charge in [0.05, 0.1) is 0 Å². The lowest BCUT2D eigenvalue weighted by atomic mass is 10.0. The van der Waals surface area contributed by atoms with Crippen LogP contribution in [-0.2, 0) is 11.3 Å². The van der Waals surface area contributed by atoms with Gasteiger partial charge in [0.1, 0.15) is 11.6 Å². The first kappa shape index (κ1) is 18.0. The second kappa shape index (κ2) is 7.23. The summed E-state index contributed by atoms with van der Waals surface area (Å²) in [5.41, 5.74) is 0.304. The maximum atomic E-state index is 13.4. The molecule has 6 heteroatoms. The van der Waals surface area contributed by atoms with Crippen LogP contribution in [0.15, 0.2) is 42.5 Å². The molecule has 0 unspecified atom stereocenters. The molecule has 0 saturated carbocycles. The van der Waals surface area contributed by atoms with Crippen LogP contribution < -0.4 is 14.2 Å². The van der Waals surface area contributed by atoms with Crippen molar-refractivity contribution >= 4 is 5.91 Å². The topological polar surface area (TPSA) is 48.0 Å². The molecule has 2 aromatic rings. The van der Waals surface area contributed by atoms with Crippen LogP contribution in [0.2, 0.25) is 0 Å². The summed E-state index contributed by atoms with van der Waals surface area (Å²) < 4.78 is 29.6. The second-order valence-electron chi connectivity index (χ2n) is 7.08. The van der Waals surface area contributed by atoms with Gasteiger partial charge in [0.15, 0.2) is 18.1 Å². The third kappa shape index (κ3) is 4.25. The highest BCUT2D eigenvalue weighted by Crippen LogP contribution is 2.35. The fourth-order valence-electron chi connectivity index (χ4n) is 2.71. The average molecular weight is 359 g/mol. The molecule has 0 bridgehead atoms. The van der Waals surface area contributed by atoms with Crippen molar-refractivity contribution in [2.24, 2.45) is 0 Å². The molecule has 0 N–H and O–H groups in total. The van der Waals surface area contributed by atoms with E-state index in [2.05, 4.69) is 0 Å². The van der Waals surface area contributed by atoms with Crippen molar-refractivity contribution in [2.75, 3.05) is 13.4 Å². The molecular formula is C20H22FNO4. The molecule has 0 fully saturated rings. The molecule has 0 atom stereocenters. The molecule has 0 aromatic heterocycles. The molecule has 0 radical (unpaired) electrons. The standard InChI is InChI=1S/C20H22FNO4/c1-20(2,3)22(11-14-5-4-6-15(21)9-14)19(23)12-24-16-7-8-17-18(10-16)26-13-25-17/h4-10H,11-13H2,1-3H3. The van der Waals surface area contributed by atoms with Crippen LogP contribution >= 0.6 is 0 Å². The number of halogens is 1. The minimum Gasteiger partial charge on any atom is -0.484 e. The van der Waals surface area contributed by atoms with Crippen molar-refractivity contribution in [3.63, 3.8) is 0 Å². The Hall–Kier alpha value is -2.76. The van der Waals surface area contributed by atoms with Gasteiger partial charge >= 0.3 is 0 Å². The van der Waals surface area contributed by atoms with Gasteiger partial charge in [0.2, 0.25) is 6.79 Å². The lowest BCUT2D eigenvalue weighted by Crippen LogP contribution is -2.47. The van der Waals surface area contributed by atoms with Crippen molar-refractivity contribution < 1.29 is 23.4 Å². The summed E-state index contributed by atoms with van der Waals surface area (Å²) in [6.07, 6.45) is 0. The van der Waals surface area contributed by atoms with Gasteiger partial charge in [0, 0.05) is 18.2 Å². The Kier molecular flexibility index (Phi) is 5.02. The Morgan fingerprint density at radius 3 is 2.65 bits per heavy atom. The van der Waals surface area contributed by atoms with Crippen LogP contribution in [-0.4, -0.2) is 29.7 Å². The maximum absolute atomic E-state index is 13.4. The van der Waals surface area contributed by atoms with Crippen LogP contribution in [0.1, 0.15) is 26.3 Å². The third-order valence-corrected chi connectivity index (χ3v) is 4.05. The smallest absolute Gasteiger partial charge is 0.261 e. The highest BCUT2D eigenvalue weighted by atomic mass is 19.1. The normalized spacial score (nSPS) is 12.8. The van der Waals surface area contributed by atoms with E-state index in [1.54, 1.807) is 35.2 Å². The predicted molar refractivity (Wildman–Crippen MR) is 94.8 cm³/mol. The summed E-state index contributed by atoms with van der Waals surface area (Å²) in [6.45, 7) is 6.18. The second-order valence-corrected chi connectivity index (χ2v) is 7.08. The summed E-state index contributed by atoms with van der Waals surface area (Å²) in [6, 6.07) is 11.4. The molecule has 5 nitrogen and oxygen atoms in total. The van der Waals surface area contributed by atoms with E-state index in [-0.39, 0.29) is 25.1 Å². The summed E-state index contributed by atoms with van der Waals surface area (Å²) in [5.74, 6) is 1.29. The quantitative estimate of drug-likeness (QED) is 0.816. The summed E-state index contributed by atoms with van der Waals surface area (Å²) in [5, 5.41) is 0. The molecule has 0 aliphatic carbocycles. The molecule has 1 aliphatic rings. The van der Waals surface area contributed by atoms with Gasteiger partial charge in [-0.05, 0) is 50.6 Å². The van der Waals surface area contributed by atoms with Crippen molar-refractivity contribution in [1.29, 1.82) is 0 Å². The molecule has 138 valence electrons. The van der Waals surface area contributed by atoms with E-state index in [1.165, 1.54) is 12.1 Å². The minimum absolute atomic E-state index is 0.119. The van der Waals surface area contributed by atoms with Crippen molar-refractivity contribution in [3.8, 4) is 17.2 Å². The predicted octanol–water partition coefficient (Wildman–Crippen LogP) is 3.76. The maximum Gasteiger partial charge on any atom is 0.261 e. The first-order valence-corrected chi connectivity index (χ1v) is 8.40. The molecule has 1 heterocycles. The van der Waals surface area contributed by atoms with E-state index in [9.17, 15) is 9.18 Å². The number of carbonyl (C=O) groups is 1. The molecule has 3 rings (SSSR count). The number of hydrogen-bond donors (Lipinski definition) is 0. The van der Waals surface area contributed by atoms with Gasteiger partial charge in [-0.15, -0.1) is 0 Å². The number of fused-ring (bicyclic) bond motifs is 1. The third-order valence-electron chi connectivity index (χ3n) is 4.05. The number of carbonyl (C=O) groups excluding carboxylic acids is 1. The number of nitrogens with zero attached hydrogens (tertiary/aromatic N) is 1. The fourth-order valence-corrected chi connectivity index (χ4v) is 2.71. The molecular weight excluding hydrogens is 337 g/mol. The SMILES string of the molecule is CC(C)(C)N(Cc1cccc(F)c1)C(=O)COc1ccc2c(c1)OCO2. The van der Waals surface area contributed by atoms with Crippen molar-refractivity contribution in [1.82, 2.24) is 4.90 Å².